The van der Waals surface area contributed by atoms with Gasteiger partial charge in [0.05, 0.1) is 0 Å². The summed E-state index contributed by atoms with van der Waals surface area (Å²) in [5.41, 5.74) is 2.92. The molecule has 1 N–H and O–H groups in total. The molecule has 0 bridgehead atoms. The summed E-state index contributed by atoms with van der Waals surface area (Å²) in [5.74, 6) is 0.629. The molecule has 1 aliphatic heterocycles. The van der Waals surface area contributed by atoms with Crippen LogP contribution in [0.15, 0.2) is 22.7 Å². The molecule has 0 spiro atoms. The van der Waals surface area contributed by atoms with Crippen molar-refractivity contribution in [2.75, 3.05) is 6.54 Å². The second-order valence-electron chi connectivity index (χ2n) is 3.34. The van der Waals surface area contributed by atoms with Crippen molar-refractivity contribution in [1.82, 2.24) is 5.32 Å². The quantitative estimate of drug-likeness (QED) is 0.758. The van der Waals surface area contributed by atoms with E-state index in [1.807, 2.05) is 0 Å². The standard InChI is InChI=1S/C10H12BrN.ClH/c1-7-5-12-6-8-3-2-4-9(11)10(7)8;/h2-4,7,12H,5-6H2,1H3;1H. The lowest BCUT2D eigenvalue weighted by Gasteiger charge is -2.24. The highest BCUT2D eigenvalue weighted by atomic mass is 79.9. The van der Waals surface area contributed by atoms with Gasteiger partial charge in [0, 0.05) is 17.6 Å². The Kier molecular flexibility index (Phi) is 3.77. The van der Waals surface area contributed by atoms with Crippen LogP contribution in [0.5, 0.6) is 0 Å². The summed E-state index contributed by atoms with van der Waals surface area (Å²) in [7, 11) is 0. The maximum atomic E-state index is 3.59. The smallest absolute Gasteiger partial charge is 0.0213 e. The Morgan fingerprint density at radius 1 is 1.46 bits per heavy atom. The number of halogens is 2. The highest BCUT2D eigenvalue weighted by molar-refractivity contribution is 9.10. The molecule has 0 saturated carbocycles. The minimum atomic E-state index is 0. The summed E-state index contributed by atoms with van der Waals surface area (Å²) >= 11 is 3.59. The van der Waals surface area contributed by atoms with Crippen molar-refractivity contribution in [1.29, 1.82) is 0 Å². The highest BCUT2D eigenvalue weighted by Crippen LogP contribution is 2.30. The summed E-state index contributed by atoms with van der Waals surface area (Å²) in [6.07, 6.45) is 0. The van der Waals surface area contributed by atoms with Gasteiger partial charge in [0.25, 0.3) is 0 Å². The van der Waals surface area contributed by atoms with Gasteiger partial charge in [0.2, 0.25) is 0 Å². The van der Waals surface area contributed by atoms with E-state index in [1.165, 1.54) is 15.6 Å². The Bertz CT molecular complexity index is 301. The van der Waals surface area contributed by atoms with Gasteiger partial charge >= 0.3 is 0 Å². The van der Waals surface area contributed by atoms with Crippen molar-refractivity contribution in [3.63, 3.8) is 0 Å². The maximum Gasteiger partial charge on any atom is 0.0213 e. The van der Waals surface area contributed by atoms with Crippen LogP contribution in [0, 0.1) is 0 Å². The average Bonchev–Trinajstić information content (AvgIpc) is 2.04. The highest BCUT2D eigenvalue weighted by Gasteiger charge is 2.17. The van der Waals surface area contributed by atoms with Crippen LogP contribution in [-0.2, 0) is 6.54 Å². The zero-order valence-electron chi connectivity index (χ0n) is 7.51. The van der Waals surface area contributed by atoms with Crippen LogP contribution < -0.4 is 5.32 Å². The lowest BCUT2D eigenvalue weighted by atomic mass is 9.92. The minimum absolute atomic E-state index is 0. The monoisotopic (exact) mass is 261 g/mol. The molecule has 1 atom stereocenters. The van der Waals surface area contributed by atoms with E-state index in [9.17, 15) is 0 Å². The van der Waals surface area contributed by atoms with Crippen LogP contribution >= 0.6 is 28.3 Å². The van der Waals surface area contributed by atoms with Crippen LogP contribution in [0.2, 0.25) is 0 Å². The number of benzene rings is 1. The zero-order chi connectivity index (χ0) is 8.55. The molecule has 13 heavy (non-hydrogen) atoms. The van der Waals surface area contributed by atoms with Crippen LogP contribution in [0.4, 0.5) is 0 Å². The summed E-state index contributed by atoms with van der Waals surface area (Å²) in [4.78, 5) is 0. The number of rotatable bonds is 0. The fourth-order valence-electron chi connectivity index (χ4n) is 1.81. The molecule has 0 aromatic heterocycles. The van der Waals surface area contributed by atoms with E-state index in [0.29, 0.717) is 5.92 Å². The molecule has 1 aliphatic rings. The van der Waals surface area contributed by atoms with Gasteiger partial charge in [-0.2, -0.15) is 0 Å². The third-order valence-electron chi connectivity index (χ3n) is 2.40. The van der Waals surface area contributed by atoms with Crippen molar-refractivity contribution >= 4 is 28.3 Å². The van der Waals surface area contributed by atoms with E-state index in [-0.39, 0.29) is 12.4 Å². The van der Waals surface area contributed by atoms with Crippen LogP contribution in [0.1, 0.15) is 24.0 Å². The first kappa shape index (κ1) is 11.0. The Hall–Kier alpha value is -0.0500. The normalized spacial score (nSPS) is 20.3. The fraction of sp³-hybridized carbons (Fsp3) is 0.400. The summed E-state index contributed by atoms with van der Waals surface area (Å²) in [6, 6.07) is 6.42. The molecule has 0 fully saturated rings. The van der Waals surface area contributed by atoms with Crippen LogP contribution in [0.25, 0.3) is 0 Å². The van der Waals surface area contributed by atoms with Gasteiger partial charge in [-0.25, -0.2) is 0 Å². The first-order chi connectivity index (χ1) is 5.79. The second-order valence-corrected chi connectivity index (χ2v) is 4.20. The van der Waals surface area contributed by atoms with E-state index in [4.69, 9.17) is 0 Å². The Balaban J connectivity index is 0.000000845. The molecule has 1 heterocycles. The minimum Gasteiger partial charge on any atom is -0.312 e. The first-order valence-corrected chi connectivity index (χ1v) is 5.06. The van der Waals surface area contributed by atoms with E-state index >= 15 is 0 Å². The van der Waals surface area contributed by atoms with E-state index in [2.05, 4.69) is 46.4 Å². The first-order valence-electron chi connectivity index (χ1n) is 4.27. The maximum absolute atomic E-state index is 3.59. The summed E-state index contributed by atoms with van der Waals surface area (Å²) in [6.45, 7) is 4.37. The average molecular weight is 263 g/mol. The second kappa shape index (κ2) is 4.45. The lowest BCUT2D eigenvalue weighted by molar-refractivity contribution is 0.569. The van der Waals surface area contributed by atoms with Crippen LogP contribution in [0.3, 0.4) is 0 Å². The molecule has 0 aliphatic carbocycles. The number of hydrogen-bond donors (Lipinski definition) is 1. The largest absolute Gasteiger partial charge is 0.312 e. The van der Waals surface area contributed by atoms with Gasteiger partial charge in [-0.15, -0.1) is 12.4 Å². The van der Waals surface area contributed by atoms with Crippen molar-refractivity contribution in [2.45, 2.75) is 19.4 Å². The third kappa shape index (κ3) is 2.06. The van der Waals surface area contributed by atoms with E-state index in [0.717, 1.165) is 13.1 Å². The van der Waals surface area contributed by atoms with Crippen molar-refractivity contribution in [2.24, 2.45) is 0 Å². The molecular weight excluding hydrogens is 249 g/mol. The van der Waals surface area contributed by atoms with Crippen molar-refractivity contribution in [3.05, 3.63) is 33.8 Å². The van der Waals surface area contributed by atoms with Gasteiger partial charge < -0.3 is 5.32 Å². The molecule has 1 aromatic rings. The van der Waals surface area contributed by atoms with Crippen LogP contribution in [-0.4, -0.2) is 6.54 Å². The SMILES string of the molecule is CC1CNCc2cccc(Br)c21.Cl. The molecular formula is C10H13BrClN. The van der Waals surface area contributed by atoms with E-state index < -0.39 is 0 Å². The molecule has 1 nitrogen and oxygen atoms in total. The van der Waals surface area contributed by atoms with Gasteiger partial charge in [0.1, 0.15) is 0 Å². The molecule has 0 amide bonds. The van der Waals surface area contributed by atoms with Gasteiger partial charge in [-0.1, -0.05) is 35.0 Å². The molecule has 1 aromatic carbocycles. The van der Waals surface area contributed by atoms with Gasteiger partial charge in [-0.3, -0.25) is 0 Å². The molecule has 1 unspecified atom stereocenters. The molecule has 3 heteroatoms. The molecule has 72 valence electrons. The number of nitrogens with one attached hydrogen (secondary N) is 1. The Labute approximate surface area is 93.5 Å². The molecule has 2 rings (SSSR count). The molecule has 0 radical (unpaired) electrons. The topological polar surface area (TPSA) is 12.0 Å². The van der Waals surface area contributed by atoms with Crippen molar-refractivity contribution < 1.29 is 0 Å². The number of hydrogen-bond acceptors (Lipinski definition) is 1. The number of fused-ring (bicyclic) bond motifs is 1. The molecule has 0 saturated heterocycles. The summed E-state index contributed by atoms with van der Waals surface area (Å²) in [5, 5.41) is 3.40. The third-order valence-corrected chi connectivity index (χ3v) is 3.09. The Morgan fingerprint density at radius 3 is 2.92 bits per heavy atom. The lowest BCUT2D eigenvalue weighted by Crippen LogP contribution is -2.26. The zero-order valence-corrected chi connectivity index (χ0v) is 9.91. The van der Waals surface area contributed by atoms with Gasteiger partial charge in [0.15, 0.2) is 0 Å². The Morgan fingerprint density at radius 2 is 2.23 bits per heavy atom. The fourth-order valence-corrected chi connectivity index (χ4v) is 2.61. The predicted molar refractivity (Wildman–Crippen MR) is 61.5 cm³/mol. The predicted octanol–water partition coefficient (Wildman–Crippen LogP) is 3.08. The van der Waals surface area contributed by atoms with Crippen molar-refractivity contribution in [3.8, 4) is 0 Å². The van der Waals surface area contributed by atoms with Gasteiger partial charge in [-0.05, 0) is 23.1 Å². The summed E-state index contributed by atoms with van der Waals surface area (Å²) < 4.78 is 1.26. The van der Waals surface area contributed by atoms with E-state index in [1.54, 1.807) is 0 Å².